The lowest BCUT2D eigenvalue weighted by molar-refractivity contribution is -0.136. The average Bonchev–Trinajstić information content (AvgIpc) is 2.77. The number of anilines is 2. The Labute approximate surface area is 193 Å². The van der Waals surface area contributed by atoms with Gasteiger partial charge in [0, 0.05) is 58.2 Å². The Hall–Kier alpha value is -2.68. The zero-order valence-corrected chi connectivity index (χ0v) is 19.3. The minimum absolute atomic E-state index is 0.0584. The molecule has 172 valence electrons. The Bertz CT molecular complexity index is 946. The molecule has 1 heterocycles. The van der Waals surface area contributed by atoms with Crippen molar-refractivity contribution in [3.05, 3.63) is 58.9 Å². The molecule has 3 rings (SSSR count). The second kappa shape index (κ2) is 10.8. The van der Waals surface area contributed by atoms with Crippen molar-refractivity contribution in [2.75, 3.05) is 64.1 Å². The number of likely N-dealkylation sites (N-methyl/N-ethyl adjacent to an activating group) is 1. The highest BCUT2D eigenvalue weighted by molar-refractivity contribution is 6.39. The van der Waals surface area contributed by atoms with Gasteiger partial charge in [-0.25, -0.2) is 4.39 Å². The van der Waals surface area contributed by atoms with E-state index in [9.17, 15) is 14.0 Å². The third kappa shape index (κ3) is 6.18. The monoisotopic (exact) mass is 461 g/mol. The van der Waals surface area contributed by atoms with E-state index in [0.717, 1.165) is 43.5 Å². The predicted octanol–water partition coefficient (Wildman–Crippen LogP) is 2.59. The van der Waals surface area contributed by atoms with E-state index >= 15 is 0 Å². The lowest BCUT2D eigenvalue weighted by Crippen LogP contribution is -2.49. The van der Waals surface area contributed by atoms with Crippen LogP contribution < -0.4 is 15.5 Å². The third-order valence-electron chi connectivity index (χ3n) is 5.61. The van der Waals surface area contributed by atoms with Gasteiger partial charge in [0.05, 0.1) is 11.1 Å². The Morgan fingerprint density at radius 2 is 1.72 bits per heavy atom. The first-order valence-electron chi connectivity index (χ1n) is 10.5. The van der Waals surface area contributed by atoms with E-state index in [-0.39, 0.29) is 16.8 Å². The molecule has 7 nitrogen and oxygen atoms in total. The summed E-state index contributed by atoms with van der Waals surface area (Å²) in [6.45, 7) is 3.90. The fraction of sp³-hybridized carbons (Fsp3) is 0.391. The van der Waals surface area contributed by atoms with Crippen LogP contribution in [-0.4, -0.2) is 75.5 Å². The van der Waals surface area contributed by atoms with Crippen LogP contribution in [0, 0.1) is 5.82 Å². The fourth-order valence-corrected chi connectivity index (χ4v) is 3.80. The number of amides is 2. The molecule has 2 amide bonds. The smallest absolute Gasteiger partial charge is 0.313 e. The molecule has 0 aromatic heterocycles. The molecule has 32 heavy (non-hydrogen) atoms. The van der Waals surface area contributed by atoms with Gasteiger partial charge in [-0.2, -0.15) is 0 Å². The maximum absolute atomic E-state index is 13.3. The van der Waals surface area contributed by atoms with Gasteiger partial charge in [0.15, 0.2) is 0 Å². The molecule has 2 N–H and O–H groups in total. The van der Waals surface area contributed by atoms with E-state index in [1.54, 1.807) is 0 Å². The summed E-state index contributed by atoms with van der Waals surface area (Å²) in [6.07, 6.45) is 0. The van der Waals surface area contributed by atoms with Crippen LogP contribution in [0.1, 0.15) is 11.6 Å². The molecule has 0 spiro atoms. The maximum Gasteiger partial charge on any atom is 0.313 e. The molecule has 0 bridgehead atoms. The molecule has 9 heteroatoms. The number of rotatable bonds is 6. The number of benzene rings is 2. The standard InChI is InChI=1S/C23H29ClFN5O2/c1-28(2)18-7-4-16(5-8-18)21(30-12-10-29(3)11-13-30)15-26-22(31)23(32)27-17-6-9-20(25)19(24)14-17/h4-9,14,21H,10-13,15H2,1-3H3,(H,26,31)(H,27,32). The van der Waals surface area contributed by atoms with E-state index in [4.69, 9.17) is 11.6 Å². The highest BCUT2D eigenvalue weighted by Crippen LogP contribution is 2.24. The van der Waals surface area contributed by atoms with Crippen LogP contribution in [-0.2, 0) is 9.59 Å². The molecule has 2 aromatic rings. The maximum atomic E-state index is 13.3. The van der Waals surface area contributed by atoms with E-state index in [1.165, 1.54) is 12.1 Å². The molecular weight excluding hydrogens is 433 g/mol. The summed E-state index contributed by atoms with van der Waals surface area (Å²) in [5.41, 5.74) is 2.42. The van der Waals surface area contributed by atoms with Crippen molar-refractivity contribution in [1.29, 1.82) is 0 Å². The molecule has 1 saturated heterocycles. The molecule has 2 aromatic carbocycles. The van der Waals surface area contributed by atoms with Gasteiger partial charge in [-0.05, 0) is 42.9 Å². The highest BCUT2D eigenvalue weighted by Gasteiger charge is 2.25. The largest absolute Gasteiger partial charge is 0.378 e. The van der Waals surface area contributed by atoms with Crippen LogP contribution in [0.25, 0.3) is 0 Å². The number of nitrogens with one attached hydrogen (secondary N) is 2. The second-order valence-electron chi connectivity index (χ2n) is 8.13. The normalized spacial score (nSPS) is 15.8. The second-order valence-corrected chi connectivity index (χ2v) is 8.54. The number of halogens is 2. The van der Waals surface area contributed by atoms with Crippen LogP contribution in [0.2, 0.25) is 5.02 Å². The van der Waals surface area contributed by atoms with E-state index in [1.807, 2.05) is 31.1 Å². The van der Waals surface area contributed by atoms with E-state index in [0.29, 0.717) is 6.54 Å². The molecule has 1 aliphatic heterocycles. The molecule has 0 saturated carbocycles. The van der Waals surface area contributed by atoms with Crippen LogP contribution in [0.4, 0.5) is 15.8 Å². The van der Waals surface area contributed by atoms with Crippen molar-refractivity contribution >= 4 is 34.8 Å². The Morgan fingerprint density at radius 1 is 1.06 bits per heavy atom. The van der Waals surface area contributed by atoms with Crippen molar-refractivity contribution in [3.8, 4) is 0 Å². The zero-order valence-electron chi connectivity index (χ0n) is 18.6. The number of hydrogen-bond acceptors (Lipinski definition) is 5. The van der Waals surface area contributed by atoms with E-state index in [2.05, 4.69) is 39.6 Å². The van der Waals surface area contributed by atoms with Gasteiger partial charge >= 0.3 is 11.8 Å². The van der Waals surface area contributed by atoms with Crippen LogP contribution in [0.3, 0.4) is 0 Å². The van der Waals surface area contributed by atoms with Crippen molar-refractivity contribution in [2.24, 2.45) is 0 Å². The minimum atomic E-state index is -0.826. The van der Waals surface area contributed by atoms with Crippen molar-refractivity contribution < 1.29 is 14.0 Å². The Balaban J connectivity index is 1.67. The number of carbonyl (C=O) groups excluding carboxylic acids is 2. The molecular formula is C23H29ClFN5O2. The lowest BCUT2D eigenvalue weighted by atomic mass is 10.0. The highest BCUT2D eigenvalue weighted by atomic mass is 35.5. The summed E-state index contributed by atoms with van der Waals surface area (Å²) in [7, 11) is 6.06. The van der Waals surface area contributed by atoms with Gasteiger partial charge in [0.25, 0.3) is 0 Å². The molecule has 0 aliphatic carbocycles. The topological polar surface area (TPSA) is 67.9 Å². The van der Waals surface area contributed by atoms with Crippen LogP contribution in [0.15, 0.2) is 42.5 Å². The molecule has 0 radical (unpaired) electrons. The SMILES string of the molecule is CN1CCN(C(CNC(=O)C(=O)Nc2ccc(F)c(Cl)c2)c2ccc(N(C)C)cc2)CC1. The fourth-order valence-electron chi connectivity index (χ4n) is 3.62. The average molecular weight is 462 g/mol. The summed E-state index contributed by atoms with van der Waals surface area (Å²) < 4.78 is 13.3. The summed E-state index contributed by atoms with van der Waals surface area (Å²) >= 11 is 5.74. The summed E-state index contributed by atoms with van der Waals surface area (Å²) in [6, 6.07) is 11.9. The number of carbonyl (C=O) groups is 2. The van der Waals surface area contributed by atoms with Gasteiger partial charge in [-0.3, -0.25) is 14.5 Å². The molecule has 1 unspecified atom stereocenters. The van der Waals surface area contributed by atoms with Crippen LogP contribution >= 0.6 is 11.6 Å². The third-order valence-corrected chi connectivity index (χ3v) is 5.90. The first kappa shape index (κ1) is 24.0. The van der Waals surface area contributed by atoms with Crippen molar-refractivity contribution in [1.82, 2.24) is 15.1 Å². The first-order chi connectivity index (χ1) is 15.2. The van der Waals surface area contributed by atoms with Gasteiger partial charge in [-0.15, -0.1) is 0 Å². The zero-order chi connectivity index (χ0) is 23.3. The van der Waals surface area contributed by atoms with Crippen LogP contribution in [0.5, 0.6) is 0 Å². The molecule has 1 atom stereocenters. The summed E-state index contributed by atoms with van der Waals surface area (Å²) in [4.78, 5) is 31.4. The van der Waals surface area contributed by atoms with Gasteiger partial charge in [0.1, 0.15) is 5.82 Å². The van der Waals surface area contributed by atoms with Gasteiger partial charge < -0.3 is 20.4 Å². The van der Waals surface area contributed by atoms with Gasteiger partial charge in [0.2, 0.25) is 0 Å². The predicted molar refractivity (Wildman–Crippen MR) is 126 cm³/mol. The van der Waals surface area contributed by atoms with Crippen molar-refractivity contribution in [3.63, 3.8) is 0 Å². The minimum Gasteiger partial charge on any atom is -0.378 e. The molecule has 1 aliphatic rings. The Morgan fingerprint density at radius 3 is 2.31 bits per heavy atom. The van der Waals surface area contributed by atoms with Crippen molar-refractivity contribution in [2.45, 2.75) is 6.04 Å². The lowest BCUT2D eigenvalue weighted by Gasteiger charge is -2.38. The quantitative estimate of drug-likeness (QED) is 0.647. The van der Waals surface area contributed by atoms with Gasteiger partial charge in [-0.1, -0.05) is 23.7 Å². The molecule has 1 fully saturated rings. The van der Waals surface area contributed by atoms with E-state index < -0.39 is 17.6 Å². The first-order valence-corrected chi connectivity index (χ1v) is 10.9. The summed E-state index contributed by atoms with van der Waals surface area (Å²) in [5, 5.41) is 5.07. The summed E-state index contributed by atoms with van der Waals surface area (Å²) in [5.74, 6) is -2.17. The number of piperazine rings is 1. The Kier molecular flexibility index (Phi) is 8.06. The number of nitrogens with zero attached hydrogens (tertiary/aromatic N) is 3. The number of hydrogen-bond donors (Lipinski definition) is 2.